The van der Waals surface area contributed by atoms with Gasteiger partial charge in [0.05, 0.1) is 0 Å². The van der Waals surface area contributed by atoms with Crippen LogP contribution in [0.1, 0.15) is 42.3 Å². The zero-order valence-corrected chi connectivity index (χ0v) is 8.08. The van der Waals surface area contributed by atoms with Crippen molar-refractivity contribution in [3.05, 3.63) is 22.5 Å². The quantitative estimate of drug-likeness (QED) is 0.635. The Morgan fingerprint density at radius 2 is 1.55 bits per heavy atom. The second-order valence-electron chi connectivity index (χ2n) is 3.57. The van der Waals surface area contributed by atoms with Crippen molar-refractivity contribution in [3.8, 4) is 0 Å². The van der Waals surface area contributed by atoms with E-state index in [-0.39, 0.29) is 0 Å². The lowest BCUT2D eigenvalue weighted by molar-refractivity contribution is 0.849. The van der Waals surface area contributed by atoms with Crippen molar-refractivity contribution < 1.29 is 0 Å². The molecule has 62 valence electrons. The fourth-order valence-electron chi connectivity index (χ4n) is 1.79. The largest absolute Gasteiger partial charge is 0.362 e. The van der Waals surface area contributed by atoms with Gasteiger partial charge in [0.25, 0.3) is 0 Å². The number of hydrogen-bond acceptors (Lipinski definition) is 0. The lowest BCUT2D eigenvalue weighted by Gasteiger charge is -2.05. The molecule has 1 rings (SSSR count). The summed E-state index contributed by atoms with van der Waals surface area (Å²) < 4.78 is 0. The van der Waals surface area contributed by atoms with E-state index in [0.717, 1.165) is 0 Å². The van der Waals surface area contributed by atoms with Crippen LogP contribution >= 0.6 is 0 Å². The molecule has 0 saturated heterocycles. The molecule has 0 spiro atoms. The third kappa shape index (κ3) is 1.32. The summed E-state index contributed by atoms with van der Waals surface area (Å²) in [5.41, 5.74) is 5.56. The van der Waals surface area contributed by atoms with E-state index in [2.05, 4.69) is 39.6 Å². The highest BCUT2D eigenvalue weighted by atomic mass is 14.7. The Labute approximate surface area is 68.8 Å². The Balaban J connectivity index is 3.22. The van der Waals surface area contributed by atoms with E-state index < -0.39 is 0 Å². The van der Waals surface area contributed by atoms with Crippen molar-refractivity contribution in [1.29, 1.82) is 0 Å². The van der Waals surface area contributed by atoms with E-state index in [9.17, 15) is 0 Å². The Kier molecular flexibility index (Phi) is 2.08. The smallest absolute Gasteiger partial charge is 0.0155 e. The Morgan fingerprint density at radius 3 is 1.73 bits per heavy atom. The van der Waals surface area contributed by atoms with Crippen LogP contribution in [0.2, 0.25) is 0 Å². The van der Waals surface area contributed by atoms with Crippen LogP contribution in [-0.4, -0.2) is 4.98 Å². The van der Waals surface area contributed by atoms with E-state index in [0.29, 0.717) is 5.92 Å². The van der Waals surface area contributed by atoms with Gasteiger partial charge in [-0.05, 0) is 37.8 Å². The van der Waals surface area contributed by atoms with Gasteiger partial charge in [-0.15, -0.1) is 0 Å². The average Bonchev–Trinajstić information content (AvgIpc) is 2.07. The minimum absolute atomic E-state index is 0.639. The highest BCUT2D eigenvalue weighted by molar-refractivity contribution is 5.36. The van der Waals surface area contributed by atoms with Gasteiger partial charge in [0.15, 0.2) is 0 Å². The molecule has 0 saturated carbocycles. The van der Waals surface area contributed by atoms with Gasteiger partial charge in [0.1, 0.15) is 0 Å². The maximum Gasteiger partial charge on any atom is 0.0155 e. The summed E-state index contributed by atoms with van der Waals surface area (Å²) in [4.78, 5) is 3.36. The van der Waals surface area contributed by atoms with Crippen LogP contribution in [0.25, 0.3) is 0 Å². The molecule has 0 amide bonds. The highest BCUT2D eigenvalue weighted by Gasteiger charge is 2.10. The molecule has 0 aliphatic carbocycles. The molecule has 1 N–H and O–H groups in total. The van der Waals surface area contributed by atoms with Crippen molar-refractivity contribution in [2.45, 2.75) is 40.5 Å². The maximum atomic E-state index is 3.36. The molecular formula is C10H17N. The number of aryl methyl sites for hydroxylation is 2. The molecule has 0 radical (unpaired) electrons. The number of nitrogens with one attached hydrogen (secondary N) is 1. The number of aromatic amines is 1. The van der Waals surface area contributed by atoms with Crippen LogP contribution in [0, 0.1) is 20.8 Å². The topological polar surface area (TPSA) is 15.8 Å². The van der Waals surface area contributed by atoms with Crippen LogP contribution in [0.4, 0.5) is 0 Å². The third-order valence-electron chi connectivity index (χ3n) is 2.32. The first kappa shape index (κ1) is 8.38. The molecule has 1 heteroatoms. The van der Waals surface area contributed by atoms with E-state index in [1.165, 1.54) is 22.5 Å². The van der Waals surface area contributed by atoms with Crippen molar-refractivity contribution in [2.75, 3.05) is 0 Å². The zero-order chi connectivity index (χ0) is 8.59. The van der Waals surface area contributed by atoms with E-state index in [4.69, 9.17) is 0 Å². The highest BCUT2D eigenvalue weighted by Crippen LogP contribution is 2.24. The van der Waals surface area contributed by atoms with Gasteiger partial charge < -0.3 is 4.98 Å². The average molecular weight is 151 g/mol. The van der Waals surface area contributed by atoms with Crippen LogP contribution in [0.15, 0.2) is 0 Å². The molecule has 0 aromatic carbocycles. The van der Waals surface area contributed by atoms with Crippen LogP contribution < -0.4 is 0 Å². The van der Waals surface area contributed by atoms with E-state index in [1.54, 1.807) is 0 Å². The summed E-state index contributed by atoms with van der Waals surface area (Å²) in [5.74, 6) is 0.639. The molecular weight excluding hydrogens is 134 g/mol. The van der Waals surface area contributed by atoms with Crippen LogP contribution in [0.3, 0.4) is 0 Å². The van der Waals surface area contributed by atoms with E-state index in [1.807, 2.05) is 0 Å². The van der Waals surface area contributed by atoms with Crippen molar-refractivity contribution in [2.24, 2.45) is 0 Å². The van der Waals surface area contributed by atoms with Crippen molar-refractivity contribution in [1.82, 2.24) is 4.98 Å². The monoisotopic (exact) mass is 151 g/mol. The number of rotatable bonds is 1. The van der Waals surface area contributed by atoms with E-state index >= 15 is 0 Å². The normalized spacial score (nSPS) is 11.1. The van der Waals surface area contributed by atoms with Crippen molar-refractivity contribution in [3.63, 3.8) is 0 Å². The Bertz CT molecular complexity index is 256. The molecule has 1 aromatic heterocycles. The maximum absolute atomic E-state index is 3.36. The first-order valence-corrected chi connectivity index (χ1v) is 4.19. The SMILES string of the molecule is Cc1[nH]c(C)c(C(C)C)c1C. The second-order valence-corrected chi connectivity index (χ2v) is 3.57. The molecule has 1 aromatic rings. The summed E-state index contributed by atoms with van der Waals surface area (Å²) in [6, 6.07) is 0. The molecule has 0 bridgehead atoms. The lowest BCUT2D eigenvalue weighted by Crippen LogP contribution is -1.90. The third-order valence-corrected chi connectivity index (χ3v) is 2.32. The molecule has 0 fully saturated rings. The summed E-state index contributed by atoms with van der Waals surface area (Å²) in [5, 5.41) is 0. The standard InChI is InChI=1S/C10H17N/c1-6(2)10-7(3)8(4)11-9(10)5/h6,11H,1-5H3. The molecule has 0 aliphatic heterocycles. The molecule has 0 unspecified atom stereocenters. The van der Waals surface area contributed by atoms with Gasteiger partial charge in [-0.2, -0.15) is 0 Å². The molecule has 11 heavy (non-hydrogen) atoms. The minimum Gasteiger partial charge on any atom is -0.362 e. The summed E-state index contributed by atoms with van der Waals surface area (Å²) in [7, 11) is 0. The minimum atomic E-state index is 0.639. The Morgan fingerprint density at radius 1 is 1.00 bits per heavy atom. The van der Waals surface area contributed by atoms with Crippen molar-refractivity contribution >= 4 is 0 Å². The molecule has 1 heterocycles. The summed E-state index contributed by atoms with van der Waals surface area (Å²) in [6.45, 7) is 10.9. The fourth-order valence-corrected chi connectivity index (χ4v) is 1.79. The first-order valence-electron chi connectivity index (χ1n) is 4.19. The molecule has 0 atom stereocenters. The number of hydrogen-bond donors (Lipinski definition) is 1. The summed E-state index contributed by atoms with van der Waals surface area (Å²) in [6.07, 6.45) is 0. The number of aromatic nitrogens is 1. The predicted octanol–water partition coefficient (Wildman–Crippen LogP) is 3.06. The van der Waals surface area contributed by atoms with Gasteiger partial charge in [0, 0.05) is 11.4 Å². The lowest BCUT2D eigenvalue weighted by atomic mass is 9.99. The van der Waals surface area contributed by atoms with Gasteiger partial charge in [0.2, 0.25) is 0 Å². The Hall–Kier alpha value is -0.720. The van der Waals surface area contributed by atoms with Crippen LogP contribution in [-0.2, 0) is 0 Å². The van der Waals surface area contributed by atoms with Gasteiger partial charge in [-0.3, -0.25) is 0 Å². The summed E-state index contributed by atoms with van der Waals surface area (Å²) >= 11 is 0. The van der Waals surface area contributed by atoms with Gasteiger partial charge >= 0.3 is 0 Å². The first-order chi connectivity index (χ1) is 5.04. The molecule has 0 aliphatic rings. The molecule has 1 nitrogen and oxygen atoms in total. The zero-order valence-electron chi connectivity index (χ0n) is 8.08. The fraction of sp³-hybridized carbons (Fsp3) is 0.600. The van der Waals surface area contributed by atoms with Gasteiger partial charge in [-0.1, -0.05) is 13.8 Å². The number of H-pyrrole nitrogens is 1. The predicted molar refractivity (Wildman–Crippen MR) is 49.1 cm³/mol. The second kappa shape index (κ2) is 2.72. The van der Waals surface area contributed by atoms with Gasteiger partial charge in [-0.25, -0.2) is 0 Å². The van der Waals surface area contributed by atoms with Crippen LogP contribution in [0.5, 0.6) is 0 Å².